The second-order valence-electron chi connectivity index (χ2n) is 12.3. The van der Waals surface area contributed by atoms with E-state index < -0.39 is 53.7 Å². The van der Waals surface area contributed by atoms with E-state index in [1.165, 1.54) is 5.56 Å². The molecule has 5 rings (SSSR count). The molecule has 11 heteroatoms. The van der Waals surface area contributed by atoms with Crippen molar-refractivity contribution in [2.75, 3.05) is 0 Å². The van der Waals surface area contributed by atoms with Gasteiger partial charge in [0.1, 0.15) is 17.2 Å². The Kier molecular flexibility index (Phi) is 9.80. The predicted molar refractivity (Wildman–Crippen MR) is 151 cm³/mol. The van der Waals surface area contributed by atoms with E-state index in [0.717, 1.165) is 29.2 Å². The van der Waals surface area contributed by atoms with Gasteiger partial charge in [-0.1, -0.05) is 49.7 Å². The second-order valence-corrected chi connectivity index (χ2v) is 12.3. The Bertz CT molecular complexity index is 1450. The first-order valence-corrected chi connectivity index (χ1v) is 15.4. The lowest BCUT2D eigenvalue weighted by Gasteiger charge is -2.37. The third-order valence-electron chi connectivity index (χ3n) is 9.21. The number of hydrogen-bond donors (Lipinski definition) is 0. The van der Waals surface area contributed by atoms with Crippen molar-refractivity contribution in [3.05, 3.63) is 82.4 Å². The maximum absolute atomic E-state index is 15.2. The van der Waals surface area contributed by atoms with Gasteiger partial charge in [-0.15, -0.1) is 13.2 Å². The quantitative estimate of drug-likeness (QED) is 0.215. The number of halogens is 9. The molecular formula is C34H35F9O2. The van der Waals surface area contributed by atoms with E-state index in [-0.39, 0.29) is 37.2 Å². The van der Waals surface area contributed by atoms with Gasteiger partial charge in [0.2, 0.25) is 0 Å². The highest BCUT2D eigenvalue weighted by Crippen LogP contribution is 2.46. The van der Waals surface area contributed by atoms with Crippen LogP contribution in [0.1, 0.15) is 98.8 Å². The molecular weight excluding hydrogens is 611 g/mol. The van der Waals surface area contributed by atoms with Crippen LogP contribution >= 0.6 is 0 Å². The van der Waals surface area contributed by atoms with Gasteiger partial charge in [-0.3, -0.25) is 0 Å². The minimum Gasteiger partial charge on any atom is -0.317 e. The van der Waals surface area contributed by atoms with E-state index in [1.54, 1.807) is 0 Å². The molecule has 2 aliphatic carbocycles. The smallest absolute Gasteiger partial charge is 0.317 e. The molecule has 0 aromatic heterocycles. The Morgan fingerprint density at radius 1 is 0.667 bits per heavy atom. The van der Waals surface area contributed by atoms with Crippen molar-refractivity contribution < 1.29 is 49.0 Å². The number of alkyl halides is 7. The van der Waals surface area contributed by atoms with E-state index in [0.29, 0.717) is 37.8 Å². The average molecular weight is 647 g/mol. The molecule has 0 heterocycles. The van der Waals surface area contributed by atoms with Crippen molar-refractivity contribution in [1.82, 2.24) is 0 Å². The number of hydrogen-bond acceptors (Lipinski definition) is 2. The van der Waals surface area contributed by atoms with Gasteiger partial charge >= 0.3 is 18.6 Å². The summed E-state index contributed by atoms with van der Waals surface area (Å²) in [5.41, 5.74) is 0.243. The Hall–Kier alpha value is -2.79. The van der Waals surface area contributed by atoms with Crippen LogP contribution < -0.4 is 0 Å². The van der Waals surface area contributed by atoms with Crippen LogP contribution in [-0.4, -0.2) is 18.6 Å². The molecule has 0 N–H and O–H groups in total. The number of rotatable bonds is 9. The summed E-state index contributed by atoms with van der Waals surface area (Å²) in [4.78, 5) is 0. The molecule has 0 atom stereocenters. The molecule has 3 aromatic carbocycles. The molecule has 246 valence electrons. The molecule has 0 unspecified atom stereocenters. The molecule has 2 aliphatic rings. The molecule has 0 aliphatic heterocycles. The van der Waals surface area contributed by atoms with Gasteiger partial charge in [0, 0.05) is 0 Å². The lowest BCUT2D eigenvalue weighted by molar-refractivity contribution is -0.432. The normalized spacial score (nSPS) is 23.4. The summed E-state index contributed by atoms with van der Waals surface area (Å²) >= 11 is 0. The molecule has 3 aromatic rings. The van der Waals surface area contributed by atoms with Crippen molar-refractivity contribution in [2.45, 2.75) is 108 Å². The molecule has 2 nitrogen and oxygen atoms in total. The first kappa shape index (κ1) is 33.6. The van der Waals surface area contributed by atoms with Gasteiger partial charge in [0.25, 0.3) is 0 Å². The van der Waals surface area contributed by atoms with E-state index >= 15 is 8.78 Å². The number of benzene rings is 3. The number of fused-ring (bicyclic) bond motifs is 1. The zero-order valence-electron chi connectivity index (χ0n) is 24.7. The number of aryl methyl sites for hydroxylation is 1. The van der Waals surface area contributed by atoms with Crippen LogP contribution in [0.4, 0.5) is 39.5 Å². The van der Waals surface area contributed by atoms with Gasteiger partial charge < -0.3 is 4.74 Å². The SMILES string of the molecule is CCCc1ccc2cc(C3CCC(C(F)(F)OC4CCC(c5cc(F)c(C(F)(F)OC(F)(F)F)c(F)c5)CC4)CC3)ccc2c1. The van der Waals surface area contributed by atoms with Crippen molar-refractivity contribution in [2.24, 2.45) is 5.92 Å². The summed E-state index contributed by atoms with van der Waals surface area (Å²) in [7, 11) is 0. The van der Waals surface area contributed by atoms with Crippen LogP contribution in [0.3, 0.4) is 0 Å². The van der Waals surface area contributed by atoms with Gasteiger partial charge in [0.05, 0.1) is 12.0 Å². The van der Waals surface area contributed by atoms with Crippen LogP contribution in [0, 0.1) is 17.6 Å². The first-order valence-electron chi connectivity index (χ1n) is 15.4. The van der Waals surface area contributed by atoms with Crippen LogP contribution in [0.15, 0.2) is 48.5 Å². The van der Waals surface area contributed by atoms with Gasteiger partial charge in [-0.2, -0.15) is 17.6 Å². The fourth-order valence-electron chi connectivity index (χ4n) is 6.91. The molecule has 2 fully saturated rings. The van der Waals surface area contributed by atoms with Crippen molar-refractivity contribution in [1.29, 1.82) is 0 Å². The van der Waals surface area contributed by atoms with Gasteiger partial charge in [-0.05, 0) is 109 Å². The minimum atomic E-state index is -5.82. The summed E-state index contributed by atoms with van der Waals surface area (Å²) in [6.45, 7) is 2.14. The summed E-state index contributed by atoms with van der Waals surface area (Å²) in [6, 6.07) is 13.9. The maximum Gasteiger partial charge on any atom is 0.527 e. The monoisotopic (exact) mass is 646 g/mol. The maximum atomic E-state index is 15.2. The summed E-state index contributed by atoms with van der Waals surface area (Å²) < 4.78 is 132. The van der Waals surface area contributed by atoms with Gasteiger partial charge in [0.15, 0.2) is 0 Å². The molecule has 45 heavy (non-hydrogen) atoms. The fraction of sp³-hybridized carbons (Fsp3) is 0.529. The lowest BCUT2D eigenvalue weighted by Crippen LogP contribution is -2.38. The molecule has 0 bridgehead atoms. The molecule has 0 radical (unpaired) electrons. The summed E-state index contributed by atoms with van der Waals surface area (Å²) in [5.74, 6) is -5.10. The lowest BCUT2D eigenvalue weighted by atomic mass is 9.77. The van der Waals surface area contributed by atoms with Crippen molar-refractivity contribution in [3.63, 3.8) is 0 Å². The second kappa shape index (κ2) is 13.1. The van der Waals surface area contributed by atoms with Crippen LogP contribution in [0.2, 0.25) is 0 Å². The summed E-state index contributed by atoms with van der Waals surface area (Å²) in [6.07, 6.45) is -10.7. The zero-order chi connectivity index (χ0) is 32.6. The van der Waals surface area contributed by atoms with Crippen molar-refractivity contribution >= 4 is 10.8 Å². The number of ether oxygens (including phenoxy) is 2. The highest BCUT2D eigenvalue weighted by molar-refractivity contribution is 5.84. The van der Waals surface area contributed by atoms with E-state index in [2.05, 4.69) is 48.1 Å². The van der Waals surface area contributed by atoms with Crippen LogP contribution in [0.25, 0.3) is 10.8 Å². The third-order valence-corrected chi connectivity index (χ3v) is 9.21. The van der Waals surface area contributed by atoms with Crippen molar-refractivity contribution in [3.8, 4) is 0 Å². The first-order chi connectivity index (χ1) is 21.1. The van der Waals surface area contributed by atoms with E-state index in [1.807, 2.05) is 0 Å². The fourth-order valence-corrected chi connectivity index (χ4v) is 6.91. The van der Waals surface area contributed by atoms with Gasteiger partial charge in [-0.25, -0.2) is 13.5 Å². The topological polar surface area (TPSA) is 18.5 Å². The largest absolute Gasteiger partial charge is 0.527 e. The Balaban J connectivity index is 1.14. The predicted octanol–water partition coefficient (Wildman–Crippen LogP) is 11.3. The van der Waals surface area contributed by atoms with Crippen LogP contribution in [0.5, 0.6) is 0 Å². The average Bonchev–Trinajstić information content (AvgIpc) is 2.95. The molecule has 0 amide bonds. The standard InChI is InChI=1S/C34H35F9O2/c1-2-3-20-4-5-25-17-24(7-6-23(25)16-20)21-8-12-27(13-9-21)32(37,38)44-28-14-10-22(11-15-28)26-18-29(35)31(30(36)19-26)33(39,40)45-34(41,42)43/h4-7,16-19,21-22,27-28H,2-3,8-15H2,1H3. The Morgan fingerprint density at radius 2 is 1.22 bits per heavy atom. The zero-order valence-corrected chi connectivity index (χ0v) is 24.7. The molecule has 0 saturated heterocycles. The minimum absolute atomic E-state index is 0.0461. The van der Waals surface area contributed by atoms with E-state index in [9.17, 15) is 30.7 Å². The third kappa shape index (κ3) is 7.96. The summed E-state index contributed by atoms with van der Waals surface area (Å²) in [5, 5.41) is 2.30. The molecule has 0 spiro atoms. The van der Waals surface area contributed by atoms with E-state index in [4.69, 9.17) is 4.74 Å². The highest BCUT2D eigenvalue weighted by Gasteiger charge is 2.50. The highest BCUT2D eigenvalue weighted by atomic mass is 19.4. The Morgan fingerprint density at radius 3 is 1.82 bits per heavy atom. The molecule has 2 saturated carbocycles. The Labute approximate surface area is 255 Å². The van der Waals surface area contributed by atoms with Crippen LogP contribution in [-0.2, 0) is 22.0 Å².